The number of rotatable bonds is 3. The molecular formula is C10H10Cl2O. The van der Waals surface area contributed by atoms with Crippen LogP contribution in [0.2, 0.25) is 10.0 Å². The van der Waals surface area contributed by atoms with Crippen LogP contribution in [-0.4, -0.2) is 5.78 Å². The first-order valence-corrected chi connectivity index (χ1v) is 4.78. The molecule has 3 heteroatoms. The zero-order chi connectivity index (χ0) is 9.84. The SMILES string of the molecule is CC(=O)CCc1cc(Cl)ccc1Cl. The molecule has 13 heavy (non-hydrogen) atoms. The monoisotopic (exact) mass is 216 g/mol. The van der Waals surface area contributed by atoms with E-state index in [1.165, 1.54) is 0 Å². The number of halogens is 2. The van der Waals surface area contributed by atoms with E-state index in [9.17, 15) is 4.79 Å². The first-order valence-electron chi connectivity index (χ1n) is 4.03. The van der Waals surface area contributed by atoms with Crippen LogP contribution in [0.25, 0.3) is 0 Å². The fourth-order valence-corrected chi connectivity index (χ4v) is 1.45. The second kappa shape index (κ2) is 4.64. The van der Waals surface area contributed by atoms with E-state index in [2.05, 4.69) is 0 Å². The summed E-state index contributed by atoms with van der Waals surface area (Å²) in [6.45, 7) is 1.57. The number of carbonyl (C=O) groups excluding carboxylic acids is 1. The van der Waals surface area contributed by atoms with Gasteiger partial charge in [0.05, 0.1) is 0 Å². The van der Waals surface area contributed by atoms with Gasteiger partial charge in [-0.1, -0.05) is 23.2 Å². The maximum Gasteiger partial charge on any atom is 0.130 e. The number of carbonyl (C=O) groups is 1. The molecule has 0 N–H and O–H groups in total. The molecule has 1 aromatic carbocycles. The minimum absolute atomic E-state index is 0.163. The third-order valence-corrected chi connectivity index (χ3v) is 2.36. The van der Waals surface area contributed by atoms with Gasteiger partial charge in [0, 0.05) is 16.5 Å². The standard InChI is InChI=1S/C10H10Cl2O/c1-7(13)2-3-8-6-9(11)4-5-10(8)12/h4-6H,2-3H2,1H3. The Kier molecular flexibility index (Phi) is 3.76. The molecule has 0 spiro atoms. The summed E-state index contributed by atoms with van der Waals surface area (Å²) in [4.78, 5) is 10.7. The van der Waals surface area contributed by atoms with Crippen molar-refractivity contribution in [2.45, 2.75) is 19.8 Å². The largest absolute Gasteiger partial charge is 0.300 e. The lowest BCUT2D eigenvalue weighted by molar-refractivity contribution is -0.116. The Hall–Kier alpha value is -0.530. The highest BCUT2D eigenvalue weighted by atomic mass is 35.5. The molecule has 0 amide bonds. The van der Waals surface area contributed by atoms with Crippen molar-refractivity contribution in [3.8, 4) is 0 Å². The molecule has 1 aromatic rings. The fourth-order valence-electron chi connectivity index (χ4n) is 1.05. The molecule has 0 fully saturated rings. The molecule has 1 nitrogen and oxygen atoms in total. The average Bonchev–Trinajstić information content (AvgIpc) is 2.06. The number of Topliss-reactive ketones (excluding diaryl/α,β-unsaturated/α-hetero) is 1. The van der Waals surface area contributed by atoms with Crippen molar-refractivity contribution in [3.63, 3.8) is 0 Å². The van der Waals surface area contributed by atoms with Crippen molar-refractivity contribution in [3.05, 3.63) is 33.8 Å². The van der Waals surface area contributed by atoms with Crippen LogP contribution >= 0.6 is 23.2 Å². The predicted molar refractivity (Wildman–Crippen MR) is 55.5 cm³/mol. The van der Waals surface area contributed by atoms with Gasteiger partial charge in [-0.05, 0) is 37.1 Å². The summed E-state index contributed by atoms with van der Waals surface area (Å²) in [5.74, 6) is 0.163. The van der Waals surface area contributed by atoms with E-state index in [1.54, 1.807) is 25.1 Å². The van der Waals surface area contributed by atoms with E-state index in [0.717, 1.165) is 5.56 Å². The molecule has 0 unspecified atom stereocenters. The summed E-state index contributed by atoms with van der Waals surface area (Å²) >= 11 is 11.7. The lowest BCUT2D eigenvalue weighted by atomic mass is 10.1. The highest BCUT2D eigenvalue weighted by molar-refractivity contribution is 6.33. The Morgan fingerprint density at radius 1 is 1.38 bits per heavy atom. The van der Waals surface area contributed by atoms with Gasteiger partial charge in [-0.15, -0.1) is 0 Å². The summed E-state index contributed by atoms with van der Waals surface area (Å²) in [5.41, 5.74) is 0.935. The second-order valence-electron chi connectivity index (χ2n) is 2.94. The number of aryl methyl sites for hydroxylation is 1. The molecule has 70 valence electrons. The van der Waals surface area contributed by atoms with Crippen LogP contribution in [0.15, 0.2) is 18.2 Å². The summed E-state index contributed by atoms with van der Waals surface area (Å²) in [7, 11) is 0. The van der Waals surface area contributed by atoms with Gasteiger partial charge in [-0.2, -0.15) is 0 Å². The van der Waals surface area contributed by atoms with Crippen molar-refractivity contribution in [2.75, 3.05) is 0 Å². The highest BCUT2D eigenvalue weighted by Gasteiger charge is 2.02. The zero-order valence-electron chi connectivity index (χ0n) is 7.31. The van der Waals surface area contributed by atoms with Crippen molar-refractivity contribution in [1.82, 2.24) is 0 Å². The van der Waals surface area contributed by atoms with Crippen LogP contribution in [0.4, 0.5) is 0 Å². The molecule has 0 aliphatic carbocycles. The fraction of sp³-hybridized carbons (Fsp3) is 0.300. The maximum absolute atomic E-state index is 10.7. The topological polar surface area (TPSA) is 17.1 Å². The van der Waals surface area contributed by atoms with Gasteiger partial charge in [0.1, 0.15) is 5.78 Å². The Labute approximate surface area is 87.7 Å². The molecule has 0 heterocycles. The molecule has 0 radical (unpaired) electrons. The van der Waals surface area contributed by atoms with E-state index < -0.39 is 0 Å². The number of hydrogen-bond acceptors (Lipinski definition) is 1. The highest BCUT2D eigenvalue weighted by Crippen LogP contribution is 2.21. The van der Waals surface area contributed by atoms with E-state index in [0.29, 0.717) is 22.9 Å². The van der Waals surface area contributed by atoms with Gasteiger partial charge < -0.3 is 4.79 Å². The number of benzene rings is 1. The number of hydrogen-bond donors (Lipinski definition) is 0. The van der Waals surface area contributed by atoms with Crippen molar-refractivity contribution in [1.29, 1.82) is 0 Å². The third kappa shape index (κ3) is 3.37. The lowest BCUT2D eigenvalue weighted by Crippen LogP contribution is -1.94. The first kappa shape index (κ1) is 10.6. The molecule has 0 aliphatic heterocycles. The third-order valence-electron chi connectivity index (χ3n) is 1.75. The Balaban J connectivity index is 2.75. The summed E-state index contributed by atoms with van der Waals surface area (Å²) in [5, 5.41) is 1.33. The molecule has 0 saturated carbocycles. The first-order chi connectivity index (χ1) is 6.09. The smallest absolute Gasteiger partial charge is 0.130 e. The van der Waals surface area contributed by atoms with Gasteiger partial charge in [-0.3, -0.25) is 0 Å². The summed E-state index contributed by atoms with van der Waals surface area (Å²) in [6.07, 6.45) is 1.18. The van der Waals surface area contributed by atoms with E-state index >= 15 is 0 Å². The van der Waals surface area contributed by atoms with Gasteiger partial charge in [-0.25, -0.2) is 0 Å². The van der Waals surface area contributed by atoms with Gasteiger partial charge in [0.2, 0.25) is 0 Å². The lowest BCUT2D eigenvalue weighted by Gasteiger charge is -2.02. The van der Waals surface area contributed by atoms with Crippen LogP contribution in [0.3, 0.4) is 0 Å². The molecule has 0 atom stereocenters. The molecule has 0 aliphatic rings. The molecule has 1 rings (SSSR count). The average molecular weight is 217 g/mol. The van der Waals surface area contributed by atoms with Crippen molar-refractivity contribution < 1.29 is 4.79 Å². The van der Waals surface area contributed by atoms with E-state index in [-0.39, 0.29) is 5.78 Å². The minimum atomic E-state index is 0.163. The molecular weight excluding hydrogens is 207 g/mol. The summed E-state index contributed by atoms with van der Waals surface area (Å²) < 4.78 is 0. The predicted octanol–water partition coefficient (Wildman–Crippen LogP) is 3.52. The minimum Gasteiger partial charge on any atom is -0.300 e. The van der Waals surface area contributed by atoms with Crippen molar-refractivity contribution >= 4 is 29.0 Å². The quantitative estimate of drug-likeness (QED) is 0.756. The van der Waals surface area contributed by atoms with Gasteiger partial charge in [0.15, 0.2) is 0 Å². The van der Waals surface area contributed by atoms with Gasteiger partial charge >= 0.3 is 0 Å². The molecule has 0 bridgehead atoms. The Morgan fingerprint density at radius 3 is 2.69 bits per heavy atom. The van der Waals surface area contributed by atoms with Crippen LogP contribution in [0.1, 0.15) is 18.9 Å². The van der Waals surface area contributed by atoms with Crippen LogP contribution in [-0.2, 0) is 11.2 Å². The summed E-state index contributed by atoms with van der Waals surface area (Å²) in [6, 6.07) is 5.29. The van der Waals surface area contributed by atoms with Crippen LogP contribution in [0.5, 0.6) is 0 Å². The van der Waals surface area contributed by atoms with Crippen molar-refractivity contribution in [2.24, 2.45) is 0 Å². The zero-order valence-corrected chi connectivity index (χ0v) is 8.82. The van der Waals surface area contributed by atoms with Crippen LogP contribution in [0, 0.1) is 0 Å². The Morgan fingerprint density at radius 2 is 2.08 bits per heavy atom. The molecule has 0 saturated heterocycles. The number of ketones is 1. The van der Waals surface area contributed by atoms with Crippen LogP contribution < -0.4 is 0 Å². The Bertz CT molecular complexity index is 321. The second-order valence-corrected chi connectivity index (χ2v) is 3.78. The normalized spacial score (nSPS) is 10.1. The van der Waals surface area contributed by atoms with E-state index in [1.807, 2.05) is 0 Å². The molecule has 0 aromatic heterocycles. The van der Waals surface area contributed by atoms with E-state index in [4.69, 9.17) is 23.2 Å². The maximum atomic E-state index is 10.7. The van der Waals surface area contributed by atoms with Gasteiger partial charge in [0.25, 0.3) is 0 Å².